The van der Waals surface area contributed by atoms with E-state index in [1.54, 1.807) is 0 Å². The highest BCUT2D eigenvalue weighted by Crippen LogP contribution is 2.66. The van der Waals surface area contributed by atoms with Gasteiger partial charge in [-0.25, -0.2) is 18.5 Å². The Balaban J connectivity index is 2.05. The summed E-state index contributed by atoms with van der Waals surface area (Å²) in [6.07, 6.45) is -2.37. The van der Waals surface area contributed by atoms with Gasteiger partial charge in [0.2, 0.25) is 0 Å². The molecule has 19 heteroatoms. The molecule has 0 bridgehead atoms. The van der Waals surface area contributed by atoms with Gasteiger partial charge in [0.15, 0.2) is 0 Å². The van der Waals surface area contributed by atoms with Crippen LogP contribution in [0.25, 0.3) is 0 Å². The number of ether oxygens (including phenoxy) is 1. The molecule has 7 N–H and O–H groups in total. The van der Waals surface area contributed by atoms with Gasteiger partial charge >= 0.3 is 29.2 Å². The lowest BCUT2D eigenvalue weighted by atomic mass is 10.0. The van der Waals surface area contributed by atoms with E-state index >= 15 is 0 Å². The molecular formula is C10H18N3O13P3. The minimum Gasteiger partial charge on any atom is -0.390 e. The molecule has 1 saturated heterocycles. The van der Waals surface area contributed by atoms with Gasteiger partial charge in [-0.15, -0.1) is 0 Å². The first kappa shape index (κ1) is 24.3. The molecule has 0 aliphatic carbocycles. The number of aliphatic hydroxyl groups is 1. The Labute approximate surface area is 162 Å². The van der Waals surface area contributed by atoms with Crippen molar-refractivity contribution in [2.45, 2.75) is 25.4 Å². The van der Waals surface area contributed by atoms with Gasteiger partial charge < -0.3 is 35.2 Å². The maximum absolute atomic E-state index is 11.9. The average molecular weight is 481 g/mol. The van der Waals surface area contributed by atoms with Crippen LogP contribution in [0.1, 0.15) is 13.2 Å². The number of nitrogen functional groups attached to an aromatic ring is 1. The van der Waals surface area contributed by atoms with Crippen molar-refractivity contribution in [1.82, 2.24) is 9.55 Å². The predicted octanol–water partition coefficient (Wildman–Crippen LogP) is -0.937. The zero-order chi connectivity index (χ0) is 22.2. The lowest BCUT2D eigenvalue weighted by Crippen LogP contribution is -2.31. The lowest BCUT2D eigenvalue weighted by molar-refractivity contribution is -0.0467. The van der Waals surface area contributed by atoms with Gasteiger partial charge in [0.05, 0.1) is 12.7 Å². The van der Waals surface area contributed by atoms with Gasteiger partial charge in [0.25, 0.3) is 0 Å². The molecule has 16 nitrogen and oxygen atoms in total. The summed E-state index contributed by atoms with van der Waals surface area (Å²) in [7, 11) is -16.6. The summed E-state index contributed by atoms with van der Waals surface area (Å²) in [5, 5.41) is 10.2. The third kappa shape index (κ3) is 6.76. The number of aliphatic hydroxyl groups excluding tert-OH is 1. The highest BCUT2D eigenvalue weighted by atomic mass is 31.3. The van der Waals surface area contributed by atoms with E-state index in [2.05, 4.69) is 18.1 Å². The molecule has 29 heavy (non-hydrogen) atoms. The summed E-state index contributed by atoms with van der Waals surface area (Å²) in [5.74, 6) is -0.755. The lowest BCUT2D eigenvalue weighted by Gasteiger charge is -2.19. The molecule has 1 fully saturated rings. The highest BCUT2D eigenvalue weighted by Gasteiger charge is 2.45. The standard InChI is InChI=1S/C10H18N3O13P3/c1-5-8(14)6(24-9(5)13-3-2-7(11)12-10(13)15)4-23-28(19,20)26-29(21,22)25-27(16,17)18/h2-3,5-6,8-9,14H,4H2,1H3,(H,19,20)(H,21,22)(H2,11,12,15)(H2,16,17,18)/t5-,6?,8+,9?/m1/s1. The summed E-state index contributed by atoms with van der Waals surface area (Å²) in [6, 6.07) is 1.31. The first-order valence-corrected chi connectivity index (χ1v) is 12.1. The van der Waals surface area contributed by atoms with E-state index in [9.17, 15) is 28.5 Å². The number of phosphoric acid groups is 3. The predicted molar refractivity (Wildman–Crippen MR) is 91.8 cm³/mol. The van der Waals surface area contributed by atoms with Crippen molar-refractivity contribution in [3.8, 4) is 0 Å². The van der Waals surface area contributed by atoms with Crippen LogP contribution in [0, 0.1) is 5.92 Å². The first-order chi connectivity index (χ1) is 13.1. The quantitative estimate of drug-likeness (QED) is 0.245. The molecule has 1 aliphatic heterocycles. The minimum absolute atomic E-state index is 0.0401. The highest BCUT2D eigenvalue weighted by molar-refractivity contribution is 7.66. The van der Waals surface area contributed by atoms with Crippen LogP contribution in [0.15, 0.2) is 17.1 Å². The summed E-state index contributed by atoms with van der Waals surface area (Å²) in [4.78, 5) is 50.9. The summed E-state index contributed by atoms with van der Waals surface area (Å²) >= 11 is 0. The number of anilines is 1. The van der Waals surface area contributed by atoms with E-state index in [-0.39, 0.29) is 5.82 Å². The van der Waals surface area contributed by atoms with Crippen LogP contribution in [-0.2, 0) is 31.6 Å². The normalized spacial score (nSPS) is 29.3. The van der Waals surface area contributed by atoms with Crippen LogP contribution >= 0.6 is 23.5 Å². The average Bonchev–Trinajstić information content (AvgIpc) is 2.78. The number of nitrogens with two attached hydrogens (primary N) is 1. The van der Waals surface area contributed by atoms with Crippen molar-refractivity contribution in [2.75, 3.05) is 12.3 Å². The molecule has 0 amide bonds. The summed E-state index contributed by atoms with van der Waals surface area (Å²) in [5.41, 5.74) is 4.61. The number of nitrogens with zero attached hydrogens (tertiary/aromatic N) is 2. The SMILES string of the molecule is C[C@H]1C(n2ccc(N)nc2=O)OC(COP(=O)(O)OP(=O)(O)OP(=O)(O)O)[C@H]1O. The Hall–Kier alpha value is -0.990. The molecule has 0 radical (unpaired) electrons. The van der Waals surface area contributed by atoms with Crippen LogP contribution < -0.4 is 11.4 Å². The van der Waals surface area contributed by atoms with Gasteiger partial charge in [-0.2, -0.15) is 13.6 Å². The van der Waals surface area contributed by atoms with E-state index in [1.807, 2.05) is 0 Å². The Morgan fingerprint density at radius 2 is 1.83 bits per heavy atom. The number of phosphoric ester groups is 1. The Kier molecular flexibility index (Phi) is 7.23. The Bertz CT molecular complexity index is 946. The fourth-order valence-electron chi connectivity index (χ4n) is 2.44. The molecule has 1 aliphatic rings. The topological polar surface area (TPSA) is 250 Å². The summed E-state index contributed by atoms with van der Waals surface area (Å²) < 4.78 is 51.6. The van der Waals surface area contributed by atoms with E-state index in [1.165, 1.54) is 19.2 Å². The van der Waals surface area contributed by atoms with Crippen LogP contribution in [0.4, 0.5) is 5.82 Å². The van der Waals surface area contributed by atoms with Crippen molar-refractivity contribution < 1.29 is 56.3 Å². The molecular weight excluding hydrogens is 463 g/mol. The second-order valence-electron chi connectivity index (χ2n) is 5.84. The largest absolute Gasteiger partial charge is 0.490 e. The second-order valence-corrected chi connectivity index (χ2v) is 10.3. The van der Waals surface area contributed by atoms with Gasteiger partial charge in [-0.1, -0.05) is 6.92 Å². The van der Waals surface area contributed by atoms with Gasteiger partial charge in [0, 0.05) is 12.1 Å². The van der Waals surface area contributed by atoms with Crippen molar-refractivity contribution in [2.24, 2.45) is 5.92 Å². The van der Waals surface area contributed by atoms with Crippen molar-refractivity contribution >= 4 is 29.3 Å². The third-order valence-electron chi connectivity index (χ3n) is 3.63. The van der Waals surface area contributed by atoms with Crippen molar-refractivity contribution in [3.63, 3.8) is 0 Å². The first-order valence-electron chi connectivity index (χ1n) is 7.57. The molecule has 1 aromatic rings. The van der Waals surface area contributed by atoms with E-state index in [4.69, 9.17) is 25.2 Å². The Morgan fingerprint density at radius 1 is 1.21 bits per heavy atom. The zero-order valence-corrected chi connectivity index (χ0v) is 17.2. The molecule has 166 valence electrons. The number of aromatic nitrogens is 2. The van der Waals surface area contributed by atoms with Crippen LogP contribution in [0.5, 0.6) is 0 Å². The monoisotopic (exact) mass is 481 g/mol. The van der Waals surface area contributed by atoms with Crippen LogP contribution in [0.3, 0.4) is 0 Å². The number of hydrogen-bond donors (Lipinski definition) is 6. The zero-order valence-electron chi connectivity index (χ0n) is 14.5. The molecule has 2 heterocycles. The van der Waals surface area contributed by atoms with E-state index in [0.717, 1.165) is 4.57 Å². The molecule has 6 atom stereocenters. The van der Waals surface area contributed by atoms with Gasteiger partial charge in [-0.3, -0.25) is 9.09 Å². The van der Waals surface area contributed by atoms with Gasteiger partial charge in [-0.05, 0) is 6.07 Å². The summed E-state index contributed by atoms with van der Waals surface area (Å²) in [6.45, 7) is 0.645. The van der Waals surface area contributed by atoms with Crippen LogP contribution in [0.2, 0.25) is 0 Å². The molecule has 1 aromatic heterocycles. The number of rotatable bonds is 8. The maximum Gasteiger partial charge on any atom is 0.490 e. The maximum atomic E-state index is 11.9. The molecule has 4 unspecified atom stereocenters. The van der Waals surface area contributed by atoms with E-state index in [0.29, 0.717) is 0 Å². The minimum atomic E-state index is -5.67. The van der Waals surface area contributed by atoms with E-state index < -0.39 is 60.1 Å². The molecule has 0 aromatic carbocycles. The van der Waals surface area contributed by atoms with Crippen LogP contribution in [-0.4, -0.2) is 53.0 Å². The molecule has 2 rings (SSSR count). The van der Waals surface area contributed by atoms with Crippen molar-refractivity contribution in [1.29, 1.82) is 0 Å². The van der Waals surface area contributed by atoms with Gasteiger partial charge in [0.1, 0.15) is 18.1 Å². The molecule has 0 saturated carbocycles. The van der Waals surface area contributed by atoms with Crippen molar-refractivity contribution in [3.05, 3.63) is 22.7 Å². The number of hydrogen-bond acceptors (Lipinski definition) is 11. The fourth-order valence-corrected chi connectivity index (χ4v) is 5.47. The third-order valence-corrected chi connectivity index (χ3v) is 7.43. The second kappa shape index (κ2) is 8.63. The Morgan fingerprint density at radius 3 is 2.38 bits per heavy atom. The smallest absolute Gasteiger partial charge is 0.390 e. The molecule has 0 spiro atoms. The fraction of sp³-hybridized carbons (Fsp3) is 0.600.